The van der Waals surface area contributed by atoms with Gasteiger partial charge < -0.3 is 29.2 Å². The molecule has 0 saturated heterocycles. The van der Waals surface area contributed by atoms with Gasteiger partial charge in [-0.1, -0.05) is 13.8 Å². The number of pyridine rings is 1. The van der Waals surface area contributed by atoms with Crippen molar-refractivity contribution < 1.29 is 18.9 Å². The summed E-state index contributed by atoms with van der Waals surface area (Å²) >= 11 is 0. The number of aromatic nitrogens is 3. The SMILES string of the molecule is CCN(CC)CCOc1c(OC)cc(Nc2ncc3c(n2)-c2cc(OC)cnc2CC3)cc1OC. The fourth-order valence-electron chi connectivity index (χ4n) is 4.17. The van der Waals surface area contributed by atoms with E-state index in [0.29, 0.717) is 35.6 Å². The number of likely N-dealkylation sites (N-methyl/N-ethyl adjacent to an activating group) is 1. The average molecular weight is 480 g/mol. The Bertz CT molecular complexity index is 1140. The van der Waals surface area contributed by atoms with E-state index < -0.39 is 0 Å². The van der Waals surface area contributed by atoms with Crippen LogP contribution in [0.2, 0.25) is 0 Å². The van der Waals surface area contributed by atoms with Crippen LogP contribution in [0.1, 0.15) is 25.1 Å². The summed E-state index contributed by atoms with van der Waals surface area (Å²) in [7, 11) is 4.86. The molecule has 0 radical (unpaired) electrons. The Labute approximate surface area is 206 Å². The molecule has 9 heteroatoms. The number of nitrogens with one attached hydrogen (secondary N) is 1. The third-order valence-electron chi connectivity index (χ3n) is 6.20. The van der Waals surface area contributed by atoms with E-state index in [-0.39, 0.29) is 0 Å². The maximum Gasteiger partial charge on any atom is 0.227 e. The molecule has 3 aromatic rings. The predicted molar refractivity (Wildman–Crippen MR) is 135 cm³/mol. The third-order valence-corrected chi connectivity index (χ3v) is 6.20. The Morgan fingerprint density at radius 1 is 0.914 bits per heavy atom. The quantitative estimate of drug-likeness (QED) is 0.436. The lowest BCUT2D eigenvalue weighted by Crippen LogP contribution is -2.28. The van der Waals surface area contributed by atoms with E-state index in [1.165, 1.54) is 0 Å². The number of anilines is 2. The van der Waals surface area contributed by atoms with Crippen LogP contribution >= 0.6 is 0 Å². The second kappa shape index (κ2) is 11.2. The minimum atomic E-state index is 0.471. The molecule has 0 atom stereocenters. The molecule has 0 fully saturated rings. The second-order valence-corrected chi connectivity index (χ2v) is 8.15. The number of fused-ring (bicyclic) bond motifs is 3. The molecular formula is C26H33N5O4. The summed E-state index contributed by atoms with van der Waals surface area (Å²) in [5.41, 5.74) is 4.67. The Hall–Kier alpha value is -3.59. The van der Waals surface area contributed by atoms with Crippen LogP contribution in [0.4, 0.5) is 11.6 Å². The van der Waals surface area contributed by atoms with Gasteiger partial charge >= 0.3 is 0 Å². The number of rotatable bonds is 11. The molecule has 0 spiro atoms. The molecule has 2 heterocycles. The lowest BCUT2D eigenvalue weighted by molar-refractivity contribution is 0.211. The van der Waals surface area contributed by atoms with Crippen molar-refractivity contribution in [1.82, 2.24) is 19.9 Å². The number of aryl methyl sites for hydroxylation is 2. The first kappa shape index (κ1) is 24.5. The normalized spacial score (nSPS) is 12.1. The van der Waals surface area contributed by atoms with E-state index in [1.54, 1.807) is 27.5 Å². The number of hydrogen-bond acceptors (Lipinski definition) is 9. The minimum Gasteiger partial charge on any atom is -0.495 e. The highest BCUT2D eigenvalue weighted by atomic mass is 16.5. The van der Waals surface area contributed by atoms with Crippen LogP contribution in [-0.2, 0) is 12.8 Å². The van der Waals surface area contributed by atoms with Gasteiger partial charge in [0.05, 0.1) is 38.9 Å². The van der Waals surface area contributed by atoms with E-state index in [4.69, 9.17) is 23.9 Å². The van der Waals surface area contributed by atoms with Gasteiger partial charge in [-0.25, -0.2) is 9.97 Å². The van der Waals surface area contributed by atoms with E-state index >= 15 is 0 Å². The molecule has 9 nitrogen and oxygen atoms in total. The Balaban J connectivity index is 1.59. The van der Waals surface area contributed by atoms with Crippen molar-refractivity contribution in [2.75, 3.05) is 52.9 Å². The summed E-state index contributed by atoms with van der Waals surface area (Å²) in [5, 5.41) is 3.29. The van der Waals surface area contributed by atoms with Crippen LogP contribution in [0, 0.1) is 0 Å². The zero-order chi connectivity index (χ0) is 24.8. The molecule has 0 saturated carbocycles. The smallest absolute Gasteiger partial charge is 0.227 e. The van der Waals surface area contributed by atoms with Crippen LogP contribution in [0.15, 0.2) is 30.6 Å². The largest absolute Gasteiger partial charge is 0.495 e. The maximum absolute atomic E-state index is 6.06. The standard InChI is InChI=1S/C26H33N5O4/c1-6-31(7-2)10-11-35-25-22(33-4)12-18(13-23(25)34-5)29-26-28-15-17-8-9-21-20(24(17)30-26)14-19(32-3)16-27-21/h12-16H,6-11H2,1-5H3,(H,28,29,30). The molecule has 0 amide bonds. The van der Waals surface area contributed by atoms with Crippen molar-refractivity contribution in [2.45, 2.75) is 26.7 Å². The van der Waals surface area contributed by atoms with Gasteiger partial charge in [0.2, 0.25) is 11.7 Å². The lowest BCUT2D eigenvalue weighted by Gasteiger charge is -2.21. The topological polar surface area (TPSA) is 90.9 Å². The molecule has 1 N–H and O–H groups in total. The second-order valence-electron chi connectivity index (χ2n) is 8.15. The number of hydrogen-bond donors (Lipinski definition) is 1. The summed E-state index contributed by atoms with van der Waals surface area (Å²) in [4.78, 5) is 16.2. The monoisotopic (exact) mass is 479 g/mol. The van der Waals surface area contributed by atoms with Gasteiger partial charge in [0.25, 0.3) is 0 Å². The van der Waals surface area contributed by atoms with Gasteiger partial charge in [-0.15, -0.1) is 0 Å². The van der Waals surface area contributed by atoms with Gasteiger partial charge in [-0.3, -0.25) is 4.98 Å². The summed E-state index contributed by atoms with van der Waals surface area (Å²) in [6, 6.07) is 5.70. The zero-order valence-electron chi connectivity index (χ0n) is 21.1. The molecule has 1 aliphatic carbocycles. The first-order valence-electron chi connectivity index (χ1n) is 11.9. The number of ether oxygens (including phenoxy) is 4. The number of methoxy groups -OCH3 is 3. The van der Waals surface area contributed by atoms with Gasteiger partial charge in [0.15, 0.2) is 11.5 Å². The summed E-state index contributed by atoms with van der Waals surface area (Å²) in [6.07, 6.45) is 5.32. The first-order chi connectivity index (χ1) is 17.1. The highest BCUT2D eigenvalue weighted by Gasteiger charge is 2.21. The van der Waals surface area contributed by atoms with Crippen molar-refractivity contribution in [2.24, 2.45) is 0 Å². The average Bonchev–Trinajstić information content (AvgIpc) is 2.90. The van der Waals surface area contributed by atoms with E-state index in [0.717, 1.165) is 60.7 Å². The molecule has 35 heavy (non-hydrogen) atoms. The molecule has 0 bridgehead atoms. The van der Waals surface area contributed by atoms with Crippen LogP contribution < -0.4 is 24.3 Å². The summed E-state index contributed by atoms with van der Waals surface area (Å²) in [6.45, 7) is 7.59. The fourth-order valence-corrected chi connectivity index (χ4v) is 4.17. The summed E-state index contributed by atoms with van der Waals surface area (Å²) in [5.74, 6) is 2.90. The maximum atomic E-state index is 6.06. The van der Waals surface area contributed by atoms with Gasteiger partial charge in [-0.05, 0) is 37.6 Å². The highest BCUT2D eigenvalue weighted by molar-refractivity contribution is 5.71. The van der Waals surface area contributed by atoms with Gasteiger partial charge in [0.1, 0.15) is 12.4 Å². The predicted octanol–water partition coefficient (Wildman–Crippen LogP) is 4.13. The minimum absolute atomic E-state index is 0.471. The Kier molecular flexibility index (Phi) is 7.87. The lowest BCUT2D eigenvalue weighted by atomic mass is 9.93. The number of nitrogens with zero attached hydrogens (tertiary/aromatic N) is 4. The molecule has 1 aromatic carbocycles. The van der Waals surface area contributed by atoms with Crippen LogP contribution in [0.5, 0.6) is 23.0 Å². The highest BCUT2D eigenvalue weighted by Crippen LogP contribution is 2.41. The van der Waals surface area contributed by atoms with Crippen molar-refractivity contribution >= 4 is 11.6 Å². The zero-order valence-corrected chi connectivity index (χ0v) is 21.1. The molecule has 1 aliphatic rings. The molecule has 4 rings (SSSR count). The Morgan fingerprint density at radius 3 is 2.31 bits per heavy atom. The van der Waals surface area contributed by atoms with Crippen molar-refractivity contribution in [3.8, 4) is 34.3 Å². The van der Waals surface area contributed by atoms with Crippen molar-refractivity contribution in [3.63, 3.8) is 0 Å². The van der Waals surface area contributed by atoms with Gasteiger partial charge in [-0.2, -0.15) is 0 Å². The molecule has 2 aromatic heterocycles. The molecule has 186 valence electrons. The van der Waals surface area contributed by atoms with Crippen molar-refractivity contribution in [3.05, 3.63) is 41.9 Å². The molecular weight excluding hydrogens is 446 g/mol. The van der Waals surface area contributed by atoms with Gasteiger partial charge in [0, 0.05) is 36.1 Å². The fraction of sp³-hybridized carbons (Fsp3) is 0.423. The summed E-state index contributed by atoms with van der Waals surface area (Å²) < 4.78 is 22.7. The third kappa shape index (κ3) is 5.40. The van der Waals surface area contributed by atoms with E-state index in [2.05, 4.69) is 34.0 Å². The van der Waals surface area contributed by atoms with Crippen LogP contribution in [0.3, 0.4) is 0 Å². The van der Waals surface area contributed by atoms with Crippen molar-refractivity contribution in [1.29, 1.82) is 0 Å². The Morgan fingerprint density at radius 2 is 1.66 bits per heavy atom. The van der Waals surface area contributed by atoms with E-state index in [9.17, 15) is 0 Å². The molecule has 0 aliphatic heterocycles. The van der Waals surface area contributed by atoms with Crippen LogP contribution in [-0.4, -0.2) is 67.4 Å². The van der Waals surface area contributed by atoms with Crippen LogP contribution in [0.25, 0.3) is 11.3 Å². The molecule has 0 unspecified atom stereocenters. The number of benzene rings is 1. The van der Waals surface area contributed by atoms with E-state index in [1.807, 2.05) is 24.4 Å². The first-order valence-corrected chi connectivity index (χ1v) is 11.9.